The van der Waals surface area contributed by atoms with Crippen LogP contribution in [0.1, 0.15) is 18.9 Å². The van der Waals surface area contributed by atoms with Crippen molar-refractivity contribution in [2.75, 3.05) is 20.3 Å². The summed E-state index contributed by atoms with van der Waals surface area (Å²) in [6.07, 6.45) is 5.12. The molecule has 0 aliphatic rings. The molecule has 1 rings (SSSR count). The number of rotatable bonds is 7. The molecule has 5 heteroatoms. The number of aryl methyl sites for hydroxylation is 1. The minimum absolute atomic E-state index is 0. The Balaban J connectivity index is 0.00000196. The van der Waals surface area contributed by atoms with Gasteiger partial charge in [0.25, 0.3) is 0 Å². The molecular formula is C10H20ClN3O. The summed E-state index contributed by atoms with van der Waals surface area (Å²) in [7, 11) is 1.71. The fraction of sp³-hybridized carbons (Fsp3) is 0.700. The minimum atomic E-state index is 0. The van der Waals surface area contributed by atoms with Gasteiger partial charge in [-0.05, 0) is 6.42 Å². The fourth-order valence-electron chi connectivity index (χ4n) is 1.26. The molecule has 0 bridgehead atoms. The summed E-state index contributed by atoms with van der Waals surface area (Å²) in [6.45, 7) is 5.65. The maximum atomic E-state index is 4.94. The van der Waals surface area contributed by atoms with E-state index in [0.717, 1.165) is 32.7 Å². The highest BCUT2D eigenvalue weighted by Crippen LogP contribution is 1.97. The van der Waals surface area contributed by atoms with Gasteiger partial charge in [-0.2, -0.15) is 5.10 Å². The van der Waals surface area contributed by atoms with Gasteiger partial charge >= 0.3 is 0 Å². The van der Waals surface area contributed by atoms with Gasteiger partial charge in [0.2, 0.25) is 0 Å². The Bertz CT molecular complexity index is 253. The van der Waals surface area contributed by atoms with Gasteiger partial charge in [0.15, 0.2) is 0 Å². The quantitative estimate of drug-likeness (QED) is 0.725. The van der Waals surface area contributed by atoms with Gasteiger partial charge in [0.1, 0.15) is 0 Å². The third kappa shape index (κ3) is 5.77. The first-order valence-electron chi connectivity index (χ1n) is 5.07. The Morgan fingerprint density at radius 2 is 2.33 bits per heavy atom. The number of ether oxygens (including phenoxy) is 1. The number of methoxy groups -OCH3 is 1. The number of hydrogen-bond acceptors (Lipinski definition) is 3. The van der Waals surface area contributed by atoms with E-state index < -0.39 is 0 Å². The van der Waals surface area contributed by atoms with Gasteiger partial charge in [-0.15, -0.1) is 12.4 Å². The number of aromatic nitrogens is 2. The van der Waals surface area contributed by atoms with Gasteiger partial charge in [-0.3, -0.25) is 4.68 Å². The molecule has 1 N–H and O–H groups in total. The summed E-state index contributed by atoms with van der Waals surface area (Å²) in [5.74, 6) is 0. The molecule has 0 fully saturated rings. The zero-order valence-electron chi connectivity index (χ0n) is 9.40. The maximum Gasteiger partial charge on any atom is 0.0587 e. The van der Waals surface area contributed by atoms with E-state index in [0.29, 0.717) is 0 Å². The van der Waals surface area contributed by atoms with Crippen LogP contribution in [0.15, 0.2) is 12.4 Å². The molecule has 0 atom stereocenters. The predicted octanol–water partition coefficient (Wildman–Crippen LogP) is 1.45. The zero-order valence-corrected chi connectivity index (χ0v) is 10.2. The molecule has 0 unspecified atom stereocenters. The molecule has 0 spiro atoms. The van der Waals surface area contributed by atoms with Crippen LogP contribution in [0.3, 0.4) is 0 Å². The van der Waals surface area contributed by atoms with E-state index in [4.69, 9.17) is 4.74 Å². The van der Waals surface area contributed by atoms with Crippen molar-refractivity contribution in [1.82, 2.24) is 15.1 Å². The van der Waals surface area contributed by atoms with E-state index in [1.807, 2.05) is 10.9 Å². The molecule has 0 aliphatic heterocycles. The average molecular weight is 234 g/mol. The van der Waals surface area contributed by atoms with Gasteiger partial charge < -0.3 is 10.1 Å². The third-order valence-corrected chi connectivity index (χ3v) is 1.95. The van der Waals surface area contributed by atoms with Crippen molar-refractivity contribution in [2.24, 2.45) is 0 Å². The van der Waals surface area contributed by atoms with Crippen LogP contribution < -0.4 is 5.32 Å². The lowest BCUT2D eigenvalue weighted by atomic mass is 10.3. The van der Waals surface area contributed by atoms with Crippen LogP contribution >= 0.6 is 12.4 Å². The largest absolute Gasteiger partial charge is 0.383 e. The van der Waals surface area contributed by atoms with E-state index in [2.05, 4.69) is 23.5 Å². The topological polar surface area (TPSA) is 39.1 Å². The van der Waals surface area contributed by atoms with Crippen LogP contribution in [-0.4, -0.2) is 30.0 Å². The molecule has 0 saturated heterocycles. The lowest BCUT2D eigenvalue weighted by Gasteiger charge is -2.00. The Morgan fingerprint density at radius 3 is 3.00 bits per heavy atom. The highest BCUT2D eigenvalue weighted by atomic mass is 35.5. The minimum Gasteiger partial charge on any atom is -0.383 e. The van der Waals surface area contributed by atoms with Crippen LogP contribution in [0.2, 0.25) is 0 Å². The lowest BCUT2D eigenvalue weighted by Crippen LogP contribution is -2.18. The van der Waals surface area contributed by atoms with Gasteiger partial charge in [-0.25, -0.2) is 0 Å². The van der Waals surface area contributed by atoms with Crippen LogP contribution in [0, 0.1) is 0 Å². The molecule has 0 amide bonds. The standard InChI is InChI=1S/C10H19N3O.ClH/c1-3-5-13-9-10(8-12-13)7-11-4-6-14-2;/h8-9,11H,3-7H2,1-2H3;1H. The van der Waals surface area contributed by atoms with Crippen LogP contribution in [0.25, 0.3) is 0 Å². The Morgan fingerprint density at radius 1 is 1.53 bits per heavy atom. The number of halogens is 1. The Kier molecular flexibility index (Phi) is 8.37. The van der Waals surface area contributed by atoms with Crippen LogP contribution in [-0.2, 0) is 17.8 Å². The highest BCUT2D eigenvalue weighted by molar-refractivity contribution is 5.85. The van der Waals surface area contributed by atoms with Gasteiger partial charge in [-0.1, -0.05) is 6.92 Å². The molecule has 1 aromatic heterocycles. The van der Waals surface area contributed by atoms with Crippen molar-refractivity contribution in [3.63, 3.8) is 0 Å². The third-order valence-electron chi connectivity index (χ3n) is 1.95. The van der Waals surface area contributed by atoms with E-state index >= 15 is 0 Å². The van der Waals surface area contributed by atoms with Crippen molar-refractivity contribution in [2.45, 2.75) is 26.4 Å². The summed E-state index contributed by atoms with van der Waals surface area (Å²) in [4.78, 5) is 0. The molecule has 0 aromatic carbocycles. The van der Waals surface area contributed by atoms with Crippen molar-refractivity contribution >= 4 is 12.4 Å². The average Bonchev–Trinajstić information content (AvgIpc) is 2.61. The van der Waals surface area contributed by atoms with E-state index in [-0.39, 0.29) is 12.4 Å². The first-order chi connectivity index (χ1) is 6.86. The first kappa shape index (κ1) is 14.4. The molecule has 1 aromatic rings. The van der Waals surface area contributed by atoms with E-state index in [1.54, 1.807) is 7.11 Å². The molecular weight excluding hydrogens is 214 g/mol. The van der Waals surface area contributed by atoms with E-state index in [1.165, 1.54) is 5.56 Å². The second-order valence-electron chi connectivity index (χ2n) is 3.28. The zero-order chi connectivity index (χ0) is 10.2. The van der Waals surface area contributed by atoms with E-state index in [9.17, 15) is 0 Å². The lowest BCUT2D eigenvalue weighted by molar-refractivity contribution is 0.199. The smallest absolute Gasteiger partial charge is 0.0587 e. The Labute approximate surface area is 97.4 Å². The molecule has 0 radical (unpaired) electrons. The number of nitrogens with zero attached hydrogens (tertiary/aromatic N) is 2. The summed E-state index contributed by atoms with van der Waals surface area (Å²) in [6, 6.07) is 0. The summed E-state index contributed by atoms with van der Waals surface area (Å²) >= 11 is 0. The monoisotopic (exact) mass is 233 g/mol. The van der Waals surface area contributed by atoms with Gasteiger partial charge in [0.05, 0.1) is 12.8 Å². The van der Waals surface area contributed by atoms with Crippen molar-refractivity contribution in [3.8, 4) is 0 Å². The number of nitrogens with one attached hydrogen (secondary N) is 1. The van der Waals surface area contributed by atoms with Crippen LogP contribution in [0.5, 0.6) is 0 Å². The summed E-state index contributed by atoms with van der Waals surface area (Å²) in [5.41, 5.74) is 1.23. The second kappa shape index (κ2) is 8.71. The molecule has 4 nitrogen and oxygen atoms in total. The SMILES string of the molecule is CCCn1cc(CNCCOC)cn1.Cl. The fourth-order valence-corrected chi connectivity index (χ4v) is 1.26. The van der Waals surface area contributed by atoms with Crippen molar-refractivity contribution in [3.05, 3.63) is 18.0 Å². The molecule has 15 heavy (non-hydrogen) atoms. The normalized spacial score (nSPS) is 10.0. The molecule has 0 saturated carbocycles. The second-order valence-corrected chi connectivity index (χ2v) is 3.28. The van der Waals surface area contributed by atoms with Gasteiger partial charge in [0, 0.05) is 38.5 Å². The molecule has 88 valence electrons. The molecule has 0 aliphatic carbocycles. The Hall–Kier alpha value is -0.580. The van der Waals surface area contributed by atoms with Crippen molar-refractivity contribution in [1.29, 1.82) is 0 Å². The molecule has 1 heterocycles. The van der Waals surface area contributed by atoms with Crippen LogP contribution in [0.4, 0.5) is 0 Å². The number of hydrogen-bond donors (Lipinski definition) is 1. The summed E-state index contributed by atoms with van der Waals surface area (Å²) < 4.78 is 6.92. The van der Waals surface area contributed by atoms with Crippen molar-refractivity contribution < 1.29 is 4.74 Å². The summed E-state index contributed by atoms with van der Waals surface area (Å²) in [5, 5.41) is 7.53. The predicted molar refractivity (Wildman–Crippen MR) is 63.3 cm³/mol. The first-order valence-corrected chi connectivity index (χ1v) is 5.07. The maximum absolute atomic E-state index is 4.94. The highest BCUT2D eigenvalue weighted by Gasteiger charge is 1.96.